The molecule has 0 fully saturated rings. The van der Waals surface area contributed by atoms with E-state index in [9.17, 15) is 22.0 Å². The van der Waals surface area contributed by atoms with E-state index in [1.807, 2.05) is 0 Å². The highest BCUT2D eigenvalue weighted by Crippen LogP contribution is 2.36. The molecule has 1 aromatic heterocycles. The summed E-state index contributed by atoms with van der Waals surface area (Å²) in [6, 6.07) is 0.495. The molecule has 0 bridgehead atoms. The number of hydrogen-bond donors (Lipinski definition) is 0. The molecular weight excluding hydrogens is 221 g/mol. The second-order valence-corrected chi connectivity index (χ2v) is 2.61. The summed E-state index contributed by atoms with van der Waals surface area (Å²) in [5.74, 6) is -0.216. The summed E-state index contributed by atoms with van der Waals surface area (Å²) < 4.78 is 65.7. The molecule has 1 heterocycles. The zero-order chi connectivity index (χ0) is 11.6. The van der Waals surface area contributed by atoms with Crippen LogP contribution in [0.3, 0.4) is 0 Å². The zero-order valence-electron chi connectivity index (χ0n) is 7.48. The molecule has 0 aromatic carbocycles. The molecule has 1 rings (SSSR count). The molecule has 0 aliphatic rings. The Kier molecular flexibility index (Phi) is 3.11. The number of pyridine rings is 1. The fraction of sp³-hybridized carbons (Fsp3) is 0.375. The lowest BCUT2D eigenvalue weighted by atomic mass is 10.2. The molecular formula is C8H6F5NO. The molecule has 1 aromatic rings. The van der Waals surface area contributed by atoms with Crippen molar-refractivity contribution < 1.29 is 26.7 Å². The van der Waals surface area contributed by atoms with E-state index in [1.165, 1.54) is 0 Å². The summed E-state index contributed by atoms with van der Waals surface area (Å²) in [5.41, 5.74) is -2.76. The van der Waals surface area contributed by atoms with Crippen LogP contribution in [0, 0.1) is 0 Å². The number of ether oxygens (including phenoxy) is 1. The Morgan fingerprint density at radius 1 is 1.33 bits per heavy atom. The van der Waals surface area contributed by atoms with Gasteiger partial charge in [-0.05, 0) is 6.07 Å². The van der Waals surface area contributed by atoms with Crippen LogP contribution in [0.5, 0.6) is 5.75 Å². The number of halogens is 5. The fourth-order valence-electron chi connectivity index (χ4n) is 0.969. The van der Waals surface area contributed by atoms with E-state index >= 15 is 0 Å². The lowest BCUT2D eigenvalue weighted by Crippen LogP contribution is -2.11. The van der Waals surface area contributed by atoms with E-state index in [4.69, 9.17) is 0 Å². The van der Waals surface area contributed by atoms with E-state index in [1.54, 1.807) is 0 Å². The van der Waals surface area contributed by atoms with Crippen molar-refractivity contribution >= 4 is 0 Å². The predicted octanol–water partition coefficient (Wildman–Crippen LogP) is 3.05. The Balaban J connectivity index is 3.29. The summed E-state index contributed by atoms with van der Waals surface area (Å²) in [4.78, 5) is 3.02. The highest BCUT2D eigenvalue weighted by molar-refractivity contribution is 5.32. The Morgan fingerprint density at radius 3 is 2.33 bits per heavy atom. The van der Waals surface area contributed by atoms with E-state index in [0.29, 0.717) is 6.07 Å². The maximum absolute atomic E-state index is 12.3. The number of aromatic nitrogens is 1. The summed E-state index contributed by atoms with van der Waals surface area (Å²) in [6.07, 6.45) is -7.32. The summed E-state index contributed by atoms with van der Waals surface area (Å²) in [6.45, 7) is 0. The van der Waals surface area contributed by atoms with Crippen LogP contribution in [0.15, 0.2) is 12.3 Å². The normalized spacial score (nSPS) is 11.9. The van der Waals surface area contributed by atoms with Crippen LogP contribution in [0.4, 0.5) is 22.0 Å². The largest absolute Gasteiger partial charge is 0.495 e. The highest BCUT2D eigenvalue weighted by Gasteiger charge is 2.37. The second-order valence-electron chi connectivity index (χ2n) is 2.61. The van der Waals surface area contributed by atoms with Crippen LogP contribution in [0.2, 0.25) is 0 Å². The van der Waals surface area contributed by atoms with Gasteiger partial charge in [0.15, 0.2) is 0 Å². The van der Waals surface area contributed by atoms with Crippen molar-refractivity contribution in [2.45, 2.75) is 12.6 Å². The van der Waals surface area contributed by atoms with Crippen molar-refractivity contribution in [3.05, 3.63) is 23.5 Å². The van der Waals surface area contributed by atoms with Crippen LogP contribution >= 0.6 is 0 Å². The van der Waals surface area contributed by atoms with E-state index in [2.05, 4.69) is 9.72 Å². The monoisotopic (exact) mass is 227 g/mol. The average molecular weight is 227 g/mol. The van der Waals surface area contributed by atoms with Gasteiger partial charge in [-0.1, -0.05) is 0 Å². The van der Waals surface area contributed by atoms with Crippen molar-refractivity contribution in [3.63, 3.8) is 0 Å². The number of alkyl halides is 5. The first-order valence-electron chi connectivity index (χ1n) is 3.75. The molecule has 0 unspecified atom stereocenters. The first kappa shape index (κ1) is 11.7. The number of nitrogens with zero attached hydrogens (tertiary/aromatic N) is 1. The molecule has 0 amide bonds. The number of hydrogen-bond acceptors (Lipinski definition) is 2. The number of methoxy groups -OCH3 is 1. The molecule has 0 N–H and O–H groups in total. The summed E-state index contributed by atoms with van der Waals surface area (Å²) in [5, 5.41) is 0. The minimum Gasteiger partial charge on any atom is -0.495 e. The Morgan fingerprint density at radius 2 is 1.93 bits per heavy atom. The van der Waals surface area contributed by atoms with Gasteiger partial charge in [-0.2, -0.15) is 13.2 Å². The standard InChI is InChI=1S/C8H6F5NO/c1-15-4-2-5(8(11,12)13)6(7(9)10)14-3-4/h2-3,7H,1H3. The quantitative estimate of drug-likeness (QED) is 0.724. The van der Waals surface area contributed by atoms with Crippen LogP contribution in [-0.2, 0) is 6.18 Å². The van der Waals surface area contributed by atoms with Gasteiger partial charge in [0.1, 0.15) is 11.4 Å². The molecule has 84 valence electrons. The fourth-order valence-corrected chi connectivity index (χ4v) is 0.969. The number of rotatable bonds is 2. The van der Waals surface area contributed by atoms with E-state index in [0.717, 1.165) is 13.3 Å². The SMILES string of the molecule is COc1cnc(C(F)F)c(C(F)(F)F)c1. The van der Waals surface area contributed by atoms with Crippen LogP contribution in [-0.4, -0.2) is 12.1 Å². The third-order valence-electron chi connectivity index (χ3n) is 1.64. The topological polar surface area (TPSA) is 22.1 Å². The van der Waals surface area contributed by atoms with Gasteiger partial charge in [-0.25, -0.2) is 8.78 Å². The molecule has 0 radical (unpaired) electrons. The summed E-state index contributed by atoms with van der Waals surface area (Å²) in [7, 11) is 1.12. The van der Waals surface area contributed by atoms with Crippen LogP contribution in [0.1, 0.15) is 17.7 Å². The Bertz CT molecular complexity index is 349. The molecule has 0 spiro atoms. The molecule has 0 aliphatic carbocycles. The maximum atomic E-state index is 12.3. The van der Waals surface area contributed by atoms with Crippen molar-refractivity contribution in [3.8, 4) is 5.75 Å². The van der Waals surface area contributed by atoms with E-state index < -0.39 is 23.9 Å². The molecule has 0 saturated heterocycles. The van der Waals surface area contributed by atoms with Gasteiger partial charge >= 0.3 is 6.18 Å². The molecule has 0 atom stereocenters. The molecule has 0 aliphatic heterocycles. The van der Waals surface area contributed by atoms with Gasteiger partial charge < -0.3 is 4.74 Å². The first-order chi connectivity index (χ1) is 6.86. The second kappa shape index (κ2) is 4.00. The predicted molar refractivity (Wildman–Crippen MR) is 40.7 cm³/mol. The Hall–Kier alpha value is -1.40. The van der Waals surface area contributed by atoms with Crippen molar-refractivity contribution in [2.24, 2.45) is 0 Å². The lowest BCUT2D eigenvalue weighted by Gasteiger charge is -2.12. The highest BCUT2D eigenvalue weighted by atomic mass is 19.4. The molecule has 7 heteroatoms. The van der Waals surface area contributed by atoms with Crippen LogP contribution < -0.4 is 4.74 Å². The van der Waals surface area contributed by atoms with Crippen LogP contribution in [0.25, 0.3) is 0 Å². The van der Waals surface area contributed by atoms with Gasteiger partial charge in [0, 0.05) is 0 Å². The minimum absolute atomic E-state index is 0.216. The van der Waals surface area contributed by atoms with Crippen molar-refractivity contribution in [1.82, 2.24) is 4.98 Å². The zero-order valence-corrected chi connectivity index (χ0v) is 7.48. The van der Waals surface area contributed by atoms with Crippen molar-refractivity contribution in [1.29, 1.82) is 0 Å². The maximum Gasteiger partial charge on any atom is 0.418 e. The third kappa shape index (κ3) is 2.54. The first-order valence-corrected chi connectivity index (χ1v) is 3.75. The van der Waals surface area contributed by atoms with Crippen molar-refractivity contribution in [2.75, 3.05) is 7.11 Å². The smallest absolute Gasteiger partial charge is 0.418 e. The van der Waals surface area contributed by atoms with Gasteiger partial charge in [-0.3, -0.25) is 4.98 Å². The van der Waals surface area contributed by atoms with Gasteiger partial charge in [0.05, 0.1) is 18.9 Å². The van der Waals surface area contributed by atoms with Gasteiger partial charge in [0.2, 0.25) is 0 Å². The van der Waals surface area contributed by atoms with E-state index in [-0.39, 0.29) is 5.75 Å². The summed E-state index contributed by atoms with van der Waals surface area (Å²) >= 11 is 0. The van der Waals surface area contributed by atoms with Gasteiger partial charge in [-0.15, -0.1) is 0 Å². The third-order valence-corrected chi connectivity index (χ3v) is 1.64. The lowest BCUT2D eigenvalue weighted by molar-refractivity contribution is -0.140. The Labute approximate surface area is 81.7 Å². The average Bonchev–Trinajstić information content (AvgIpc) is 2.15. The molecule has 2 nitrogen and oxygen atoms in total. The van der Waals surface area contributed by atoms with Gasteiger partial charge in [0.25, 0.3) is 6.43 Å². The molecule has 15 heavy (non-hydrogen) atoms. The molecule has 0 saturated carbocycles. The minimum atomic E-state index is -4.87.